The molecule has 6 aromatic rings. The molecular weight excluding hydrogens is 692 g/mol. The zero-order valence-electron chi connectivity index (χ0n) is 21.3. The first-order chi connectivity index (χ1) is 20.3. The molecule has 0 fully saturated rings. The van der Waals surface area contributed by atoms with Gasteiger partial charge in [0.15, 0.2) is 11.5 Å². The van der Waals surface area contributed by atoms with Gasteiger partial charge >= 0.3 is 0 Å². The van der Waals surface area contributed by atoms with Crippen LogP contribution in [0.5, 0.6) is 5.75 Å². The molecule has 0 saturated heterocycles. The first kappa shape index (κ1) is 27.8. The van der Waals surface area contributed by atoms with Gasteiger partial charge in [0.1, 0.15) is 12.2 Å². The molecule has 0 aliphatic rings. The van der Waals surface area contributed by atoms with Crippen molar-refractivity contribution in [3.8, 4) is 17.3 Å². The van der Waals surface area contributed by atoms with Crippen molar-refractivity contribution in [1.29, 1.82) is 0 Å². The van der Waals surface area contributed by atoms with Crippen LogP contribution in [-0.2, 0) is 6.61 Å². The molecule has 2 aromatic heterocycles. The second kappa shape index (κ2) is 11.5. The molecule has 12 heteroatoms. The Hall–Kier alpha value is -4.32. The molecule has 0 N–H and O–H groups in total. The maximum Gasteiger partial charge on any atom is 0.282 e. The number of rotatable bonds is 7. The summed E-state index contributed by atoms with van der Waals surface area (Å²) in [5.41, 5.74) is 1.96. The summed E-state index contributed by atoms with van der Waals surface area (Å²) in [6.07, 6.45) is 1.49. The third kappa shape index (κ3) is 5.58. The number of nitro benzene ring substituents is 1. The molecule has 0 unspecified atom stereocenters. The minimum Gasteiger partial charge on any atom is -0.486 e. The standard InChI is InChI=1S/C30H17Br2ClN4O5/c31-20-8-9-26-19(13-20)14-27(42-26)29-35-25-7-2-1-6-22(25)30(38)36(29)34-15-18-11-23(32)28(24(33)12-18)41-16-17-4-3-5-21(10-17)37(39)40/h1-15H,16H2. The summed E-state index contributed by atoms with van der Waals surface area (Å²) in [6, 6.07) is 24.0. The van der Waals surface area contributed by atoms with Gasteiger partial charge in [-0.3, -0.25) is 14.9 Å². The first-order valence-corrected chi connectivity index (χ1v) is 14.3. The summed E-state index contributed by atoms with van der Waals surface area (Å²) in [7, 11) is 0. The molecule has 2 heterocycles. The number of hydrogen-bond donors (Lipinski definition) is 0. The van der Waals surface area contributed by atoms with E-state index in [2.05, 4.69) is 37.0 Å². The molecule has 208 valence electrons. The van der Waals surface area contributed by atoms with Crippen molar-refractivity contribution in [3.05, 3.63) is 130 Å². The molecule has 42 heavy (non-hydrogen) atoms. The third-order valence-electron chi connectivity index (χ3n) is 6.30. The lowest BCUT2D eigenvalue weighted by Gasteiger charge is -2.11. The predicted octanol–water partition coefficient (Wildman–Crippen LogP) is 8.36. The minimum atomic E-state index is -0.463. The van der Waals surface area contributed by atoms with Crippen LogP contribution in [0.1, 0.15) is 11.1 Å². The molecule has 0 aliphatic heterocycles. The number of benzene rings is 4. The van der Waals surface area contributed by atoms with Crippen molar-refractivity contribution in [3.63, 3.8) is 0 Å². The van der Waals surface area contributed by atoms with Gasteiger partial charge in [0.2, 0.25) is 5.82 Å². The highest BCUT2D eigenvalue weighted by molar-refractivity contribution is 9.10. The lowest BCUT2D eigenvalue weighted by atomic mass is 10.2. The number of fused-ring (bicyclic) bond motifs is 2. The number of aromatic nitrogens is 2. The molecule has 0 aliphatic carbocycles. The summed E-state index contributed by atoms with van der Waals surface area (Å²) >= 11 is 13.5. The van der Waals surface area contributed by atoms with E-state index in [0.717, 1.165) is 9.86 Å². The highest BCUT2D eigenvalue weighted by Gasteiger charge is 2.17. The molecule has 0 radical (unpaired) electrons. The third-order valence-corrected chi connectivity index (χ3v) is 7.66. The molecule has 0 amide bonds. The average Bonchev–Trinajstić information content (AvgIpc) is 3.39. The number of non-ortho nitro benzene ring substituents is 1. The Morgan fingerprint density at radius 3 is 2.69 bits per heavy atom. The monoisotopic (exact) mass is 706 g/mol. The quantitative estimate of drug-likeness (QED) is 0.0936. The number of nitro groups is 1. The average molecular weight is 709 g/mol. The Bertz CT molecular complexity index is 2090. The van der Waals surface area contributed by atoms with Crippen molar-refractivity contribution in [2.24, 2.45) is 5.10 Å². The number of nitrogens with zero attached hydrogens (tertiary/aromatic N) is 4. The molecule has 6 rings (SSSR count). The second-order valence-corrected chi connectivity index (χ2v) is 11.3. The minimum absolute atomic E-state index is 0.0267. The number of para-hydroxylation sites is 1. The summed E-state index contributed by atoms with van der Waals surface area (Å²) in [6.45, 7) is 0.0724. The second-order valence-electron chi connectivity index (χ2n) is 9.14. The van der Waals surface area contributed by atoms with E-state index in [4.69, 9.17) is 25.7 Å². The van der Waals surface area contributed by atoms with E-state index in [1.54, 1.807) is 42.5 Å². The van der Waals surface area contributed by atoms with Gasteiger partial charge in [-0.25, -0.2) is 4.98 Å². The Morgan fingerprint density at radius 2 is 1.88 bits per heavy atom. The van der Waals surface area contributed by atoms with Gasteiger partial charge in [0, 0.05) is 22.0 Å². The largest absolute Gasteiger partial charge is 0.486 e. The molecule has 0 atom stereocenters. The van der Waals surface area contributed by atoms with Crippen LogP contribution in [0.4, 0.5) is 5.69 Å². The lowest BCUT2D eigenvalue weighted by Crippen LogP contribution is -2.20. The van der Waals surface area contributed by atoms with Crippen LogP contribution in [0.3, 0.4) is 0 Å². The molecular formula is C30H17Br2ClN4O5. The molecule has 0 saturated carbocycles. The number of hydrogen-bond acceptors (Lipinski definition) is 7. The van der Waals surface area contributed by atoms with Gasteiger partial charge in [-0.05, 0) is 75.6 Å². The molecule has 0 bridgehead atoms. The smallest absolute Gasteiger partial charge is 0.282 e. The van der Waals surface area contributed by atoms with E-state index in [1.165, 1.54) is 23.0 Å². The Kier molecular flexibility index (Phi) is 7.63. The van der Waals surface area contributed by atoms with Gasteiger partial charge in [-0.1, -0.05) is 51.8 Å². The van der Waals surface area contributed by atoms with E-state index >= 15 is 0 Å². The van der Waals surface area contributed by atoms with E-state index in [1.807, 2.05) is 30.3 Å². The Labute approximate surface area is 259 Å². The molecule has 0 spiro atoms. The fourth-order valence-electron chi connectivity index (χ4n) is 4.35. The Balaban J connectivity index is 1.35. The van der Waals surface area contributed by atoms with Crippen LogP contribution >= 0.6 is 43.5 Å². The normalized spacial score (nSPS) is 11.5. The predicted molar refractivity (Wildman–Crippen MR) is 168 cm³/mol. The van der Waals surface area contributed by atoms with E-state index in [9.17, 15) is 14.9 Å². The molecule has 9 nitrogen and oxygen atoms in total. The van der Waals surface area contributed by atoms with Crippen molar-refractivity contribution < 1.29 is 14.1 Å². The summed E-state index contributed by atoms with van der Waals surface area (Å²) in [5, 5.41) is 17.1. The molecule has 4 aromatic carbocycles. The topological polar surface area (TPSA) is 113 Å². The summed E-state index contributed by atoms with van der Waals surface area (Å²) in [5.74, 6) is 0.982. The lowest BCUT2D eigenvalue weighted by molar-refractivity contribution is -0.384. The summed E-state index contributed by atoms with van der Waals surface area (Å²) < 4.78 is 14.5. The summed E-state index contributed by atoms with van der Waals surface area (Å²) in [4.78, 5) is 28.9. The zero-order valence-corrected chi connectivity index (χ0v) is 25.3. The number of ether oxygens (including phenoxy) is 1. The highest BCUT2D eigenvalue weighted by Crippen LogP contribution is 2.35. The fourth-order valence-corrected chi connectivity index (χ4v) is 5.71. The maximum atomic E-state index is 13.5. The maximum absolute atomic E-state index is 13.5. The van der Waals surface area contributed by atoms with Crippen molar-refractivity contribution in [2.45, 2.75) is 6.61 Å². The van der Waals surface area contributed by atoms with Crippen LogP contribution in [0.15, 0.2) is 108 Å². The van der Waals surface area contributed by atoms with Crippen molar-refractivity contribution in [2.75, 3.05) is 0 Å². The van der Waals surface area contributed by atoms with Gasteiger partial charge < -0.3 is 9.15 Å². The van der Waals surface area contributed by atoms with Gasteiger partial charge in [-0.15, -0.1) is 0 Å². The number of halogens is 3. The SMILES string of the molecule is O=c1c2ccccc2nc(-c2cc3cc(Br)ccc3o2)n1N=Cc1cc(Cl)c(OCc2cccc([N+](=O)[O-])c2)c(Br)c1. The van der Waals surface area contributed by atoms with Crippen LogP contribution in [0.2, 0.25) is 5.02 Å². The van der Waals surface area contributed by atoms with Crippen LogP contribution in [-0.4, -0.2) is 20.8 Å². The fraction of sp³-hybridized carbons (Fsp3) is 0.0333. The van der Waals surface area contributed by atoms with Crippen LogP contribution in [0.25, 0.3) is 33.5 Å². The van der Waals surface area contributed by atoms with E-state index in [-0.39, 0.29) is 28.7 Å². The van der Waals surface area contributed by atoms with E-state index < -0.39 is 4.92 Å². The van der Waals surface area contributed by atoms with Crippen molar-refractivity contribution in [1.82, 2.24) is 9.66 Å². The number of furan rings is 1. The van der Waals surface area contributed by atoms with Crippen LogP contribution in [0, 0.1) is 10.1 Å². The van der Waals surface area contributed by atoms with Crippen molar-refractivity contribution >= 4 is 77.2 Å². The van der Waals surface area contributed by atoms with Gasteiger partial charge in [-0.2, -0.15) is 9.78 Å². The first-order valence-electron chi connectivity index (χ1n) is 12.4. The van der Waals surface area contributed by atoms with E-state index in [0.29, 0.717) is 43.6 Å². The van der Waals surface area contributed by atoms with Crippen LogP contribution < -0.4 is 10.3 Å². The highest BCUT2D eigenvalue weighted by atomic mass is 79.9. The van der Waals surface area contributed by atoms with Gasteiger partial charge in [0.05, 0.1) is 31.5 Å². The van der Waals surface area contributed by atoms with Gasteiger partial charge in [0.25, 0.3) is 11.2 Å². The zero-order chi connectivity index (χ0) is 29.4. The Morgan fingerprint density at radius 1 is 1.05 bits per heavy atom.